The monoisotopic (exact) mass is 265 g/mol. The molecule has 0 radical (unpaired) electrons. The van der Waals surface area contributed by atoms with Crippen molar-refractivity contribution in [1.29, 1.82) is 0 Å². The molecule has 0 aliphatic heterocycles. The van der Waals surface area contributed by atoms with Crippen LogP contribution in [0.15, 0.2) is 11.6 Å². The summed E-state index contributed by atoms with van der Waals surface area (Å²) in [5.41, 5.74) is 2.24. The van der Waals surface area contributed by atoms with Gasteiger partial charge >= 0.3 is 0 Å². The first-order valence-electron chi connectivity index (χ1n) is 5.67. The van der Waals surface area contributed by atoms with Gasteiger partial charge in [0, 0.05) is 25.2 Å². The van der Waals surface area contributed by atoms with E-state index in [1.165, 1.54) is 11.5 Å². The Morgan fingerprint density at radius 3 is 2.83 bits per heavy atom. The zero-order valence-corrected chi connectivity index (χ0v) is 11.4. The predicted molar refractivity (Wildman–Crippen MR) is 68.3 cm³/mol. The van der Waals surface area contributed by atoms with Crippen molar-refractivity contribution in [3.63, 3.8) is 0 Å². The zero-order valence-electron chi connectivity index (χ0n) is 10.6. The Kier molecular flexibility index (Phi) is 3.71. The number of carbonyl (C=O) groups is 1. The summed E-state index contributed by atoms with van der Waals surface area (Å²) in [7, 11) is 1.81. The van der Waals surface area contributed by atoms with Crippen LogP contribution in [0, 0.1) is 6.92 Å². The van der Waals surface area contributed by atoms with E-state index in [0.29, 0.717) is 18.7 Å². The van der Waals surface area contributed by atoms with Crippen LogP contribution >= 0.6 is 11.5 Å². The number of hydrogen-bond donors (Lipinski definition) is 0. The van der Waals surface area contributed by atoms with Crippen LogP contribution in [-0.4, -0.2) is 36.7 Å². The minimum absolute atomic E-state index is 0.00518. The molecule has 18 heavy (non-hydrogen) atoms. The summed E-state index contributed by atoms with van der Waals surface area (Å²) in [6.45, 7) is 4.90. The smallest absolute Gasteiger partial charge is 0.256 e. The van der Waals surface area contributed by atoms with Crippen LogP contribution in [0.5, 0.6) is 0 Å². The van der Waals surface area contributed by atoms with Crippen LogP contribution in [0.2, 0.25) is 0 Å². The van der Waals surface area contributed by atoms with Gasteiger partial charge < -0.3 is 4.90 Å². The Balaban J connectivity index is 2.14. The normalized spacial score (nSPS) is 10.6. The van der Waals surface area contributed by atoms with E-state index >= 15 is 0 Å². The van der Waals surface area contributed by atoms with Crippen molar-refractivity contribution in [3.8, 4) is 0 Å². The Morgan fingerprint density at radius 1 is 1.56 bits per heavy atom. The second-order valence-electron chi connectivity index (χ2n) is 4.02. The lowest BCUT2D eigenvalue weighted by Gasteiger charge is -2.19. The van der Waals surface area contributed by atoms with Gasteiger partial charge in [0.2, 0.25) is 0 Å². The number of rotatable bonds is 4. The SMILES string of the molecule is CCN(Cc1cn(C)nn1)C(=O)c1csnc1C. The summed E-state index contributed by atoms with van der Waals surface area (Å²) in [5.74, 6) is -0.00518. The molecule has 0 saturated carbocycles. The molecule has 0 bridgehead atoms. The fourth-order valence-corrected chi connectivity index (χ4v) is 2.34. The third kappa shape index (κ3) is 2.56. The van der Waals surface area contributed by atoms with Gasteiger partial charge in [0.25, 0.3) is 5.91 Å². The van der Waals surface area contributed by atoms with Crippen molar-refractivity contribution in [2.45, 2.75) is 20.4 Å². The average Bonchev–Trinajstić information content (AvgIpc) is 2.94. The fraction of sp³-hybridized carbons (Fsp3) is 0.455. The highest BCUT2D eigenvalue weighted by Gasteiger charge is 2.19. The summed E-state index contributed by atoms with van der Waals surface area (Å²) in [5, 5.41) is 9.65. The number of nitrogens with zero attached hydrogens (tertiary/aromatic N) is 5. The predicted octanol–water partition coefficient (Wildman–Crippen LogP) is 1.24. The molecular formula is C11H15N5OS. The van der Waals surface area contributed by atoms with Crippen molar-refractivity contribution >= 4 is 17.4 Å². The summed E-state index contributed by atoms with van der Waals surface area (Å²) in [6.07, 6.45) is 1.81. The lowest BCUT2D eigenvalue weighted by atomic mass is 10.2. The van der Waals surface area contributed by atoms with E-state index in [2.05, 4.69) is 14.7 Å². The summed E-state index contributed by atoms with van der Waals surface area (Å²) >= 11 is 1.30. The largest absolute Gasteiger partial charge is 0.333 e. The number of hydrogen-bond acceptors (Lipinski definition) is 5. The minimum atomic E-state index is -0.00518. The Hall–Kier alpha value is -1.76. The number of carbonyl (C=O) groups excluding carboxylic acids is 1. The van der Waals surface area contributed by atoms with Gasteiger partial charge in [-0.2, -0.15) is 4.37 Å². The topological polar surface area (TPSA) is 63.9 Å². The van der Waals surface area contributed by atoms with Crippen LogP contribution in [0.25, 0.3) is 0 Å². The molecule has 2 rings (SSSR count). The maximum atomic E-state index is 12.3. The van der Waals surface area contributed by atoms with E-state index in [4.69, 9.17) is 0 Å². The Bertz CT molecular complexity index is 547. The quantitative estimate of drug-likeness (QED) is 0.834. The minimum Gasteiger partial charge on any atom is -0.333 e. The van der Waals surface area contributed by atoms with E-state index in [1.54, 1.807) is 15.0 Å². The molecule has 0 spiro atoms. The summed E-state index contributed by atoms with van der Waals surface area (Å²) in [4.78, 5) is 14.0. The first-order chi connectivity index (χ1) is 8.61. The van der Waals surface area contributed by atoms with E-state index in [9.17, 15) is 4.79 Å². The molecule has 6 nitrogen and oxygen atoms in total. The maximum Gasteiger partial charge on any atom is 0.256 e. The first-order valence-corrected chi connectivity index (χ1v) is 6.51. The second-order valence-corrected chi connectivity index (χ2v) is 4.65. The molecule has 96 valence electrons. The van der Waals surface area contributed by atoms with Crippen molar-refractivity contribution in [2.24, 2.45) is 7.05 Å². The van der Waals surface area contributed by atoms with Gasteiger partial charge in [0.05, 0.1) is 17.8 Å². The van der Waals surface area contributed by atoms with Crippen LogP contribution in [0.3, 0.4) is 0 Å². The molecule has 0 N–H and O–H groups in total. The molecule has 0 fully saturated rings. The molecule has 2 aromatic rings. The number of aryl methyl sites for hydroxylation is 2. The van der Waals surface area contributed by atoms with Gasteiger partial charge in [-0.1, -0.05) is 5.21 Å². The average molecular weight is 265 g/mol. The zero-order chi connectivity index (χ0) is 13.1. The van der Waals surface area contributed by atoms with Gasteiger partial charge in [-0.3, -0.25) is 9.48 Å². The molecule has 0 atom stereocenters. The van der Waals surface area contributed by atoms with Crippen LogP contribution in [0.1, 0.15) is 28.7 Å². The molecule has 1 amide bonds. The molecular weight excluding hydrogens is 250 g/mol. The van der Waals surface area contributed by atoms with Gasteiger partial charge in [0.1, 0.15) is 5.69 Å². The number of amides is 1. The van der Waals surface area contributed by atoms with Crippen molar-refractivity contribution in [1.82, 2.24) is 24.3 Å². The third-order valence-electron chi connectivity index (χ3n) is 2.65. The molecule has 0 saturated heterocycles. The molecule has 0 aliphatic carbocycles. The molecule has 0 unspecified atom stereocenters. The molecule has 0 aromatic carbocycles. The van der Waals surface area contributed by atoms with Gasteiger partial charge in [0.15, 0.2) is 0 Å². The second kappa shape index (κ2) is 5.26. The van der Waals surface area contributed by atoms with Crippen molar-refractivity contribution in [2.75, 3.05) is 6.54 Å². The highest BCUT2D eigenvalue weighted by Crippen LogP contribution is 2.13. The standard InChI is InChI=1S/C11H15N5OS/c1-4-16(6-9-5-15(3)14-12-9)11(17)10-7-18-13-8(10)2/h5,7H,4,6H2,1-3H3. The first kappa shape index (κ1) is 12.7. The maximum absolute atomic E-state index is 12.3. The lowest BCUT2D eigenvalue weighted by molar-refractivity contribution is 0.0750. The van der Waals surface area contributed by atoms with Crippen LogP contribution in [0.4, 0.5) is 0 Å². The van der Waals surface area contributed by atoms with Crippen molar-refractivity contribution < 1.29 is 4.79 Å². The fourth-order valence-electron chi connectivity index (χ4n) is 1.66. The van der Waals surface area contributed by atoms with E-state index in [0.717, 1.165) is 11.4 Å². The summed E-state index contributed by atoms with van der Waals surface area (Å²) in [6, 6.07) is 0. The van der Waals surface area contributed by atoms with Crippen LogP contribution < -0.4 is 0 Å². The lowest BCUT2D eigenvalue weighted by Crippen LogP contribution is -2.30. The molecule has 2 aromatic heterocycles. The molecule has 2 heterocycles. The molecule has 7 heteroatoms. The van der Waals surface area contributed by atoms with Crippen LogP contribution in [-0.2, 0) is 13.6 Å². The van der Waals surface area contributed by atoms with Gasteiger partial charge in [-0.15, -0.1) is 5.10 Å². The van der Waals surface area contributed by atoms with Gasteiger partial charge in [-0.05, 0) is 25.4 Å². The van der Waals surface area contributed by atoms with E-state index < -0.39 is 0 Å². The Morgan fingerprint density at radius 2 is 2.33 bits per heavy atom. The van der Waals surface area contributed by atoms with Crippen molar-refractivity contribution in [3.05, 3.63) is 28.5 Å². The van der Waals surface area contributed by atoms with Gasteiger partial charge in [-0.25, -0.2) is 0 Å². The molecule has 0 aliphatic rings. The van der Waals surface area contributed by atoms with E-state index in [-0.39, 0.29) is 5.91 Å². The summed E-state index contributed by atoms with van der Waals surface area (Å²) < 4.78 is 5.76. The Labute approximate surface area is 109 Å². The third-order valence-corrected chi connectivity index (χ3v) is 3.37. The highest BCUT2D eigenvalue weighted by molar-refractivity contribution is 7.03. The number of aromatic nitrogens is 4. The highest BCUT2D eigenvalue weighted by atomic mass is 32.1. The van der Waals surface area contributed by atoms with E-state index in [1.807, 2.05) is 27.1 Å².